The van der Waals surface area contributed by atoms with Gasteiger partial charge in [0.1, 0.15) is 0 Å². The topological polar surface area (TPSA) is 50.4 Å². The van der Waals surface area contributed by atoms with Crippen LogP contribution in [0.5, 0.6) is 0 Å². The molecule has 1 amide bonds. The molecule has 1 aliphatic carbocycles. The van der Waals surface area contributed by atoms with Crippen LogP contribution in [-0.4, -0.2) is 39.3 Å². The fourth-order valence-electron chi connectivity index (χ4n) is 1.80. The van der Waals surface area contributed by atoms with Crippen molar-refractivity contribution >= 4 is 5.91 Å². The molecule has 0 aromatic rings. The lowest BCUT2D eigenvalue weighted by atomic mass is 9.83. The van der Waals surface area contributed by atoms with E-state index in [1.54, 1.807) is 7.11 Å². The Hall–Kier alpha value is -0.610. The minimum Gasteiger partial charge on any atom is -0.385 e. The van der Waals surface area contributed by atoms with Crippen LogP contribution in [0.25, 0.3) is 0 Å². The van der Waals surface area contributed by atoms with E-state index >= 15 is 0 Å². The average molecular weight is 228 g/mol. The fourth-order valence-corrected chi connectivity index (χ4v) is 1.80. The van der Waals surface area contributed by atoms with Gasteiger partial charge in [-0.15, -0.1) is 0 Å². The summed E-state index contributed by atoms with van der Waals surface area (Å²) in [6.45, 7) is 2.82. The molecule has 0 radical (unpaired) electrons. The van der Waals surface area contributed by atoms with Gasteiger partial charge >= 0.3 is 0 Å². The minimum absolute atomic E-state index is 0.0877. The van der Waals surface area contributed by atoms with Crippen LogP contribution in [0.2, 0.25) is 0 Å². The monoisotopic (exact) mass is 228 g/mol. The fraction of sp³-hybridized carbons (Fsp3) is 0.917. The van der Waals surface area contributed by atoms with E-state index < -0.39 is 0 Å². The molecule has 16 heavy (non-hydrogen) atoms. The molecule has 0 bridgehead atoms. The molecular formula is C12H24N2O2. The minimum atomic E-state index is 0.0877. The first-order valence-corrected chi connectivity index (χ1v) is 6.29. The SMILES string of the molecule is COCCCNC(=O)CNCCC1CCC1. The van der Waals surface area contributed by atoms with Gasteiger partial charge in [-0.25, -0.2) is 0 Å². The van der Waals surface area contributed by atoms with Gasteiger partial charge in [-0.2, -0.15) is 0 Å². The van der Waals surface area contributed by atoms with Crippen LogP contribution in [0.15, 0.2) is 0 Å². The van der Waals surface area contributed by atoms with Gasteiger partial charge in [0.2, 0.25) is 5.91 Å². The largest absolute Gasteiger partial charge is 0.385 e. The van der Waals surface area contributed by atoms with Crippen molar-refractivity contribution in [2.45, 2.75) is 32.1 Å². The summed E-state index contributed by atoms with van der Waals surface area (Å²) in [5, 5.41) is 6.03. The second-order valence-electron chi connectivity index (χ2n) is 4.46. The number of nitrogens with one attached hydrogen (secondary N) is 2. The molecule has 1 saturated carbocycles. The zero-order valence-corrected chi connectivity index (χ0v) is 10.3. The molecule has 4 nitrogen and oxygen atoms in total. The number of rotatable bonds is 9. The van der Waals surface area contributed by atoms with Gasteiger partial charge in [-0.05, 0) is 25.3 Å². The van der Waals surface area contributed by atoms with Crippen molar-refractivity contribution in [1.82, 2.24) is 10.6 Å². The zero-order chi connectivity index (χ0) is 11.6. The molecule has 1 rings (SSSR count). The summed E-state index contributed by atoms with van der Waals surface area (Å²) in [4.78, 5) is 11.3. The normalized spacial score (nSPS) is 15.8. The molecule has 2 N–H and O–H groups in total. The van der Waals surface area contributed by atoms with E-state index in [9.17, 15) is 4.79 Å². The lowest BCUT2D eigenvalue weighted by Crippen LogP contribution is -2.35. The molecular weight excluding hydrogens is 204 g/mol. The van der Waals surface area contributed by atoms with E-state index in [1.165, 1.54) is 25.7 Å². The maximum atomic E-state index is 11.3. The van der Waals surface area contributed by atoms with Crippen molar-refractivity contribution in [2.75, 3.05) is 33.4 Å². The van der Waals surface area contributed by atoms with Crippen LogP contribution in [0.3, 0.4) is 0 Å². The van der Waals surface area contributed by atoms with Crippen LogP contribution >= 0.6 is 0 Å². The van der Waals surface area contributed by atoms with Crippen molar-refractivity contribution in [3.8, 4) is 0 Å². The molecule has 94 valence electrons. The molecule has 1 aliphatic rings. The highest BCUT2D eigenvalue weighted by Crippen LogP contribution is 2.28. The van der Waals surface area contributed by atoms with Crippen LogP contribution in [0.4, 0.5) is 0 Å². The van der Waals surface area contributed by atoms with Crippen molar-refractivity contribution in [1.29, 1.82) is 0 Å². The Morgan fingerprint density at radius 3 is 2.81 bits per heavy atom. The van der Waals surface area contributed by atoms with E-state index in [4.69, 9.17) is 4.74 Å². The molecule has 0 unspecified atom stereocenters. The third-order valence-corrected chi connectivity index (χ3v) is 3.09. The number of methoxy groups -OCH3 is 1. The van der Waals surface area contributed by atoms with Crippen LogP contribution in [0, 0.1) is 5.92 Å². The molecule has 4 heteroatoms. The predicted octanol–water partition coefficient (Wildman–Crippen LogP) is 0.919. The van der Waals surface area contributed by atoms with Gasteiger partial charge in [-0.3, -0.25) is 4.79 Å². The average Bonchev–Trinajstić information content (AvgIpc) is 2.21. The van der Waals surface area contributed by atoms with E-state index in [0.717, 1.165) is 18.9 Å². The Bertz CT molecular complexity index is 193. The molecule has 1 fully saturated rings. The molecule has 0 atom stereocenters. The number of amides is 1. The second-order valence-corrected chi connectivity index (χ2v) is 4.46. The maximum Gasteiger partial charge on any atom is 0.233 e. The molecule has 0 aliphatic heterocycles. The van der Waals surface area contributed by atoms with E-state index in [1.807, 2.05) is 0 Å². The van der Waals surface area contributed by atoms with Gasteiger partial charge in [-0.1, -0.05) is 19.3 Å². The molecule has 0 aromatic heterocycles. The third-order valence-electron chi connectivity index (χ3n) is 3.09. The standard InChI is InChI=1S/C12H24N2O2/c1-16-9-3-7-14-12(15)10-13-8-6-11-4-2-5-11/h11,13H,2-10H2,1H3,(H,14,15). The molecule has 0 heterocycles. The Labute approximate surface area is 98.1 Å². The van der Waals surface area contributed by atoms with Gasteiger partial charge < -0.3 is 15.4 Å². The smallest absolute Gasteiger partial charge is 0.233 e. The maximum absolute atomic E-state index is 11.3. The first kappa shape index (κ1) is 13.5. The molecule has 0 spiro atoms. The first-order valence-electron chi connectivity index (χ1n) is 6.29. The van der Waals surface area contributed by atoms with Crippen molar-refractivity contribution in [3.63, 3.8) is 0 Å². The van der Waals surface area contributed by atoms with E-state index in [-0.39, 0.29) is 5.91 Å². The summed E-state index contributed by atoms with van der Waals surface area (Å²) in [7, 11) is 1.67. The highest BCUT2D eigenvalue weighted by Gasteiger charge is 2.16. The van der Waals surface area contributed by atoms with Crippen molar-refractivity contribution < 1.29 is 9.53 Å². The van der Waals surface area contributed by atoms with Gasteiger partial charge in [0.05, 0.1) is 6.54 Å². The number of hydrogen-bond acceptors (Lipinski definition) is 3. The number of ether oxygens (including phenoxy) is 1. The van der Waals surface area contributed by atoms with E-state index in [2.05, 4.69) is 10.6 Å². The number of hydrogen-bond donors (Lipinski definition) is 2. The highest BCUT2D eigenvalue weighted by molar-refractivity contribution is 5.77. The summed E-state index contributed by atoms with van der Waals surface area (Å²) >= 11 is 0. The summed E-state index contributed by atoms with van der Waals surface area (Å²) < 4.78 is 4.90. The van der Waals surface area contributed by atoms with Gasteiger partial charge in [0, 0.05) is 20.3 Å². The predicted molar refractivity (Wildman–Crippen MR) is 64.3 cm³/mol. The van der Waals surface area contributed by atoms with Crippen LogP contribution in [0.1, 0.15) is 32.1 Å². The van der Waals surface area contributed by atoms with E-state index in [0.29, 0.717) is 19.7 Å². The Morgan fingerprint density at radius 1 is 1.38 bits per heavy atom. The van der Waals surface area contributed by atoms with Crippen molar-refractivity contribution in [3.05, 3.63) is 0 Å². The number of carbonyl (C=O) groups is 1. The Kier molecular flexibility index (Phi) is 7.17. The third kappa shape index (κ3) is 6.08. The highest BCUT2D eigenvalue weighted by atomic mass is 16.5. The van der Waals surface area contributed by atoms with Crippen LogP contribution < -0.4 is 10.6 Å². The summed E-state index contributed by atoms with van der Waals surface area (Å²) in [5.41, 5.74) is 0. The van der Waals surface area contributed by atoms with Crippen LogP contribution in [-0.2, 0) is 9.53 Å². The summed E-state index contributed by atoms with van der Waals surface area (Å²) in [6.07, 6.45) is 6.25. The zero-order valence-electron chi connectivity index (χ0n) is 10.3. The molecule has 0 saturated heterocycles. The van der Waals surface area contributed by atoms with Gasteiger partial charge in [0.15, 0.2) is 0 Å². The summed E-state index contributed by atoms with van der Waals surface area (Å²) in [5.74, 6) is 1.00. The lowest BCUT2D eigenvalue weighted by molar-refractivity contribution is -0.120. The Morgan fingerprint density at radius 2 is 2.19 bits per heavy atom. The molecule has 0 aromatic carbocycles. The first-order chi connectivity index (χ1) is 7.83. The van der Waals surface area contributed by atoms with Crippen molar-refractivity contribution in [2.24, 2.45) is 5.92 Å². The summed E-state index contributed by atoms with van der Waals surface area (Å²) in [6, 6.07) is 0. The lowest BCUT2D eigenvalue weighted by Gasteiger charge is -2.25. The van der Waals surface area contributed by atoms with Gasteiger partial charge in [0.25, 0.3) is 0 Å². The second kappa shape index (κ2) is 8.53. The number of carbonyl (C=O) groups excluding carboxylic acids is 1. The Balaban J connectivity index is 1.81. The quantitative estimate of drug-likeness (QED) is 0.577.